The molecule has 0 atom stereocenters. The first kappa shape index (κ1) is 11.3. The average Bonchev–Trinajstić information content (AvgIpc) is 2.98. The molecule has 6 heteroatoms. The molecule has 18 heavy (non-hydrogen) atoms. The predicted octanol–water partition coefficient (Wildman–Crippen LogP) is 1.93. The first-order valence-corrected chi connectivity index (χ1v) is 6.53. The van der Waals surface area contributed by atoms with Crippen molar-refractivity contribution in [1.29, 1.82) is 0 Å². The highest BCUT2D eigenvalue weighted by Crippen LogP contribution is 2.27. The maximum absolute atomic E-state index is 5.66. The molecule has 2 heterocycles. The fraction of sp³-hybridized carbons (Fsp3) is 0.583. The zero-order valence-corrected chi connectivity index (χ0v) is 10.3. The topological polar surface area (TPSA) is 92.5 Å². The van der Waals surface area contributed by atoms with E-state index in [1.165, 1.54) is 32.1 Å². The molecule has 6 nitrogen and oxygen atoms in total. The Balaban J connectivity index is 1.67. The van der Waals surface area contributed by atoms with Gasteiger partial charge in [0.15, 0.2) is 11.5 Å². The zero-order chi connectivity index (χ0) is 12.4. The average molecular weight is 246 g/mol. The lowest BCUT2D eigenvalue weighted by molar-refractivity contribution is 0.518. The number of anilines is 2. The highest BCUT2D eigenvalue weighted by Gasteiger charge is 2.15. The molecule has 2 aromatic rings. The van der Waals surface area contributed by atoms with E-state index < -0.39 is 0 Å². The number of nitrogens with two attached hydrogens (primary N) is 1. The molecule has 0 saturated heterocycles. The van der Waals surface area contributed by atoms with Crippen molar-refractivity contribution in [2.24, 2.45) is 5.92 Å². The van der Waals surface area contributed by atoms with Crippen molar-refractivity contribution < 1.29 is 0 Å². The Kier molecular flexibility index (Phi) is 3.00. The first-order valence-electron chi connectivity index (χ1n) is 6.53. The maximum Gasteiger partial charge on any atom is 0.224 e. The summed E-state index contributed by atoms with van der Waals surface area (Å²) in [6.45, 7) is 0.926. The molecule has 4 N–H and O–H groups in total. The predicted molar refractivity (Wildman–Crippen MR) is 71.2 cm³/mol. The Hall–Kier alpha value is -1.85. The Morgan fingerprint density at radius 1 is 1.33 bits per heavy atom. The standard InChI is InChI=1S/C12H18N6/c13-12-17-10(9-11(18-12)16-7-15-9)14-6-5-8-3-1-2-4-8/h7-8H,1-6H2,(H4,13,14,15,16,17,18). The van der Waals surface area contributed by atoms with Crippen molar-refractivity contribution in [3.63, 3.8) is 0 Å². The summed E-state index contributed by atoms with van der Waals surface area (Å²) in [5, 5.41) is 3.34. The summed E-state index contributed by atoms with van der Waals surface area (Å²) < 4.78 is 0. The number of aromatic nitrogens is 4. The second-order valence-corrected chi connectivity index (χ2v) is 4.90. The molecule has 1 aliphatic rings. The minimum atomic E-state index is 0.262. The van der Waals surface area contributed by atoms with Crippen LogP contribution in [0, 0.1) is 5.92 Å². The molecule has 0 aliphatic heterocycles. The molecule has 1 aliphatic carbocycles. The third-order valence-corrected chi connectivity index (χ3v) is 3.62. The third kappa shape index (κ3) is 2.23. The van der Waals surface area contributed by atoms with Crippen molar-refractivity contribution in [3.05, 3.63) is 6.33 Å². The molecule has 2 aromatic heterocycles. The Bertz CT molecular complexity index is 528. The number of fused-ring (bicyclic) bond motifs is 1. The fourth-order valence-electron chi connectivity index (χ4n) is 2.67. The summed E-state index contributed by atoms with van der Waals surface area (Å²) in [6.07, 6.45) is 8.31. The monoisotopic (exact) mass is 246 g/mol. The lowest BCUT2D eigenvalue weighted by Gasteiger charge is -2.10. The SMILES string of the molecule is Nc1nc(NCCC2CCCC2)c2[nH]cnc2n1. The maximum atomic E-state index is 5.66. The fourth-order valence-corrected chi connectivity index (χ4v) is 2.67. The Morgan fingerprint density at radius 3 is 3.00 bits per heavy atom. The number of nitrogens with zero attached hydrogens (tertiary/aromatic N) is 3. The molecular weight excluding hydrogens is 228 g/mol. The van der Waals surface area contributed by atoms with E-state index in [1.807, 2.05) is 0 Å². The van der Waals surface area contributed by atoms with Crippen molar-refractivity contribution in [2.75, 3.05) is 17.6 Å². The highest BCUT2D eigenvalue weighted by atomic mass is 15.1. The third-order valence-electron chi connectivity index (χ3n) is 3.62. The smallest absolute Gasteiger partial charge is 0.224 e. The van der Waals surface area contributed by atoms with E-state index >= 15 is 0 Å². The summed E-state index contributed by atoms with van der Waals surface area (Å²) in [7, 11) is 0. The van der Waals surface area contributed by atoms with Crippen LogP contribution >= 0.6 is 0 Å². The van der Waals surface area contributed by atoms with Gasteiger partial charge in [-0.2, -0.15) is 9.97 Å². The van der Waals surface area contributed by atoms with E-state index in [1.54, 1.807) is 6.33 Å². The first-order chi connectivity index (χ1) is 8.83. The van der Waals surface area contributed by atoms with Gasteiger partial charge in [0.2, 0.25) is 5.95 Å². The van der Waals surface area contributed by atoms with Gasteiger partial charge in [0.25, 0.3) is 0 Å². The van der Waals surface area contributed by atoms with Gasteiger partial charge in [-0.15, -0.1) is 0 Å². The number of hydrogen-bond acceptors (Lipinski definition) is 5. The largest absolute Gasteiger partial charge is 0.368 e. The number of imidazole rings is 1. The van der Waals surface area contributed by atoms with Gasteiger partial charge < -0.3 is 16.0 Å². The number of aromatic amines is 1. The van der Waals surface area contributed by atoms with Gasteiger partial charge in [-0.3, -0.25) is 0 Å². The quantitative estimate of drug-likeness (QED) is 0.766. The molecule has 0 radical (unpaired) electrons. The molecule has 3 rings (SSSR count). The van der Waals surface area contributed by atoms with Gasteiger partial charge >= 0.3 is 0 Å². The van der Waals surface area contributed by atoms with Crippen LogP contribution in [0.2, 0.25) is 0 Å². The number of rotatable bonds is 4. The van der Waals surface area contributed by atoms with Crippen LogP contribution in [0.25, 0.3) is 11.2 Å². The molecule has 0 amide bonds. The Labute approximate surface area is 105 Å². The van der Waals surface area contributed by atoms with Crippen LogP contribution in [0.15, 0.2) is 6.33 Å². The molecule has 0 aromatic carbocycles. The van der Waals surface area contributed by atoms with Crippen molar-refractivity contribution in [1.82, 2.24) is 19.9 Å². The van der Waals surface area contributed by atoms with Crippen molar-refractivity contribution >= 4 is 22.9 Å². The summed E-state index contributed by atoms with van der Waals surface area (Å²) >= 11 is 0. The van der Waals surface area contributed by atoms with E-state index in [2.05, 4.69) is 25.3 Å². The number of hydrogen-bond donors (Lipinski definition) is 3. The van der Waals surface area contributed by atoms with E-state index in [4.69, 9.17) is 5.73 Å². The van der Waals surface area contributed by atoms with Crippen LogP contribution in [0.5, 0.6) is 0 Å². The molecular formula is C12H18N6. The Morgan fingerprint density at radius 2 is 2.17 bits per heavy atom. The van der Waals surface area contributed by atoms with Gasteiger partial charge in [0, 0.05) is 6.54 Å². The molecule has 0 unspecified atom stereocenters. The van der Waals surface area contributed by atoms with Crippen LogP contribution in [0.1, 0.15) is 32.1 Å². The van der Waals surface area contributed by atoms with Gasteiger partial charge in [-0.1, -0.05) is 25.7 Å². The van der Waals surface area contributed by atoms with E-state index in [0.717, 1.165) is 23.8 Å². The normalized spacial score (nSPS) is 16.4. The second kappa shape index (κ2) is 4.80. The number of H-pyrrole nitrogens is 1. The highest BCUT2D eigenvalue weighted by molar-refractivity contribution is 5.83. The van der Waals surface area contributed by atoms with E-state index in [9.17, 15) is 0 Å². The molecule has 96 valence electrons. The van der Waals surface area contributed by atoms with Crippen LogP contribution < -0.4 is 11.1 Å². The summed E-state index contributed by atoms with van der Waals surface area (Å²) in [5.74, 6) is 1.89. The lowest BCUT2D eigenvalue weighted by atomic mass is 10.0. The summed E-state index contributed by atoms with van der Waals surface area (Å²) in [6, 6.07) is 0. The van der Waals surface area contributed by atoms with E-state index in [-0.39, 0.29) is 5.95 Å². The van der Waals surface area contributed by atoms with Gasteiger partial charge in [0.05, 0.1) is 6.33 Å². The summed E-state index contributed by atoms with van der Waals surface area (Å²) in [5.41, 5.74) is 7.11. The van der Waals surface area contributed by atoms with Crippen LogP contribution in [0.4, 0.5) is 11.8 Å². The van der Waals surface area contributed by atoms with Crippen LogP contribution in [-0.4, -0.2) is 26.5 Å². The van der Waals surface area contributed by atoms with Gasteiger partial charge in [0.1, 0.15) is 5.52 Å². The number of nitrogen functional groups attached to an aromatic ring is 1. The van der Waals surface area contributed by atoms with Gasteiger partial charge in [-0.25, -0.2) is 4.98 Å². The minimum absolute atomic E-state index is 0.262. The molecule has 1 saturated carbocycles. The lowest BCUT2D eigenvalue weighted by Crippen LogP contribution is -2.09. The van der Waals surface area contributed by atoms with Crippen LogP contribution in [0.3, 0.4) is 0 Å². The minimum Gasteiger partial charge on any atom is -0.368 e. The van der Waals surface area contributed by atoms with Crippen molar-refractivity contribution in [2.45, 2.75) is 32.1 Å². The van der Waals surface area contributed by atoms with Gasteiger partial charge in [-0.05, 0) is 12.3 Å². The zero-order valence-electron chi connectivity index (χ0n) is 10.3. The summed E-state index contributed by atoms with van der Waals surface area (Å²) in [4.78, 5) is 15.4. The van der Waals surface area contributed by atoms with E-state index in [0.29, 0.717) is 5.65 Å². The van der Waals surface area contributed by atoms with Crippen molar-refractivity contribution in [3.8, 4) is 0 Å². The molecule has 0 spiro atoms. The number of nitrogens with one attached hydrogen (secondary N) is 2. The molecule has 0 bridgehead atoms. The molecule has 1 fully saturated rings. The van der Waals surface area contributed by atoms with Crippen LogP contribution in [-0.2, 0) is 0 Å². The second-order valence-electron chi connectivity index (χ2n) is 4.90.